The van der Waals surface area contributed by atoms with Crippen LogP contribution in [-0.2, 0) is 16.1 Å². The Bertz CT molecular complexity index is 377. The van der Waals surface area contributed by atoms with Gasteiger partial charge in [0, 0.05) is 12.1 Å². The number of ether oxygens (including phenoxy) is 2. The summed E-state index contributed by atoms with van der Waals surface area (Å²) in [5, 5.41) is 3.60. The summed E-state index contributed by atoms with van der Waals surface area (Å²) < 4.78 is 11.7. The third-order valence-electron chi connectivity index (χ3n) is 3.97. The molecule has 1 saturated carbocycles. The molecule has 0 radical (unpaired) electrons. The van der Waals surface area contributed by atoms with Crippen LogP contribution in [0.2, 0.25) is 0 Å². The monoisotopic (exact) mass is 247 g/mol. The quantitative estimate of drug-likeness (QED) is 0.887. The van der Waals surface area contributed by atoms with Gasteiger partial charge in [0.15, 0.2) is 0 Å². The van der Waals surface area contributed by atoms with Crippen LogP contribution in [-0.4, -0.2) is 30.9 Å². The van der Waals surface area contributed by atoms with E-state index in [0.29, 0.717) is 12.2 Å². The van der Waals surface area contributed by atoms with E-state index >= 15 is 0 Å². The number of hydrogen-bond donors (Lipinski definition) is 1. The van der Waals surface area contributed by atoms with Crippen molar-refractivity contribution in [1.82, 2.24) is 5.32 Å². The lowest BCUT2D eigenvalue weighted by Crippen LogP contribution is -2.65. The van der Waals surface area contributed by atoms with Crippen LogP contribution in [0, 0.1) is 0 Å². The first-order chi connectivity index (χ1) is 8.76. The molecule has 1 atom stereocenters. The molecular formula is C15H21NO2. The van der Waals surface area contributed by atoms with Gasteiger partial charge in [-0.3, -0.25) is 0 Å². The first-order valence-corrected chi connectivity index (χ1v) is 6.78. The van der Waals surface area contributed by atoms with Crippen molar-refractivity contribution in [1.29, 1.82) is 0 Å². The van der Waals surface area contributed by atoms with Crippen LogP contribution in [0.3, 0.4) is 0 Å². The zero-order valence-corrected chi connectivity index (χ0v) is 10.9. The molecule has 98 valence electrons. The molecule has 3 heteroatoms. The van der Waals surface area contributed by atoms with Gasteiger partial charge in [0.25, 0.3) is 0 Å². The highest BCUT2D eigenvalue weighted by atomic mass is 16.5. The predicted octanol–water partition coefficient (Wildman–Crippen LogP) is 2.11. The Morgan fingerprint density at radius 1 is 1.33 bits per heavy atom. The van der Waals surface area contributed by atoms with Crippen molar-refractivity contribution in [2.75, 3.05) is 13.2 Å². The minimum Gasteiger partial charge on any atom is -0.375 e. The average Bonchev–Trinajstić information content (AvgIpc) is 2.37. The van der Waals surface area contributed by atoms with E-state index in [1.54, 1.807) is 0 Å². The van der Waals surface area contributed by atoms with Gasteiger partial charge in [-0.15, -0.1) is 0 Å². The van der Waals surface area contributed by atoms with E-state index in [4.69, 9.17) is 9.47 Å². The molecule has 0 aromatic heterocycles. The number of benzene rings is 1. The normalized spacial score (nSPS) is 35.4. The van der Waals surface area contributed by atoms with E-state index < -0.39 is 0 Å². The van der Waals surface area contributed by atoms with Gasteiger partial charge in [0.2, 0.25) is 0 Å². The molecule has 3 rings (SSSR count). The summed E-state index contributed by atoms with van der Waals surface area (Å²) in [4.78, 5) is 0. The lowest BCUT2D eigenvalue weighted by atomic mass is 9.74. The van der Waals surface area contributed by atoms with Crippen molar-refractivity contribution in [3.63, 3.8) is 0 Å². The predicted molar refractivity (Wildman–Crippen MR) is 70.4 cm³/mol. The Morgan fingerprint density at radius 3 is 2.78 bits per heavy atom. The molecule has 2 fully saturated rings. The van der Waals surface area contributed by atoms with Gasteiger partial charge in [0.05, 0.1) is 25.4 Å². The van der Waals surface area contributed by atoms with E-state index in [2.05, 4.69) is 36.5 Å². The zero-order chi connectivity index (χ0) is 12.4. The Kier molecular flexibility index (Phi) is 3.37. The van der Waals surface area contributed by atoms with E-state index in [9.17, 15) is 0 Å². The summed E-state index contributed by atoms with van der Waals surface area (Å²) in [5.74, 6) is 0. The highest BCUT2D eigenvalue weighted by molar-refractivity contribution is 5.14. The van der Waals surface area contributed by atoms with E-state index in [-0.39, 0.29) is 5.54 Å². The first-order valence-electron chi connectivity index (χ1n) is 6.78. The molecule has 0 bridgehead atoms. The van der Waals surface area contributed by atoms with Gasteiger partial charge < -0.3 is 14.8 Å². The average molecular weight is 247 g/mol. The smallest absolute Gasteiger partial charge is 0.0720 e. The highest BCUT2D eigenvalue weighted by Crippen LogP contribution is 2.37. The summed E-state index contributed by atoms with van der Waals surface area (Å²) >= 11 is 0. The molecule has 3 nitrogen and oxygen atoms in total. The zero-order valence-electron chi connectivity index (χ0n) is 10.9. The van der Waals surface area contributed by atoms with Gasteiger partial charge in [-0.25, -0.2) is 0 Å². The first kappa shape index (κ1) is 12.2. The fourth-order valence-electron chi connectivity index (χ4n) is 2.75. The van der Waals surface area contributed by atoms with E-state index in [1.807, 2.05) is 6.07 Å². The Morgan fingerprint density at radius 2 is 2.11 bits per heavy atom. The Hall–Kier alpha value is -0.900. The molecule has 1 N–H and O–H groups in total. The summed E-state index contributed by atoms with van der Waals surface area (Å²) in [6.07, 6.45) is 2.88. The third-order valence-corrected chi connectivity index (χ3v) is 3.97. The van der Waals surface area contributed by atoms with Crippen molar-refractivity contribution in [2.24, 2.45) is 0 Å². The lowest BCUT2D eigenvalue weighted by Gasteiger charge is -2.51. The molecule has 0 unspecified atom stereocenters. The van der Waals surface area contributed by atoms with Crippen LogP contribution in [0.4, 0.5) is 0 Å². The molecule has 1 saturated heterocycles. The second-order valence-electron chi connectivity index (χ2n) is 5.61. The van der Waals surface area contributed by atoms with Gasteiger partial charge in [-0.05, 0) is 25.3 Å². The maximum Gasteiger partial charge on any atom is 0.0720 e. The van der Waals surface area contributed by atoms with Crippen LogP contribution >= 0.6 is 0 Å². The maximum atomic E-state index is 5.92. The fraction of sp³-hybridized carbons (Fsp3) is 0.600. The maximum absolute atomic E-state index is 5.92. The molecule has 1 aliphatic heterocycles. The van der Waals surface area contributed by atoms with Crippen LogP contribution in [0.5, 0.6) is 0 Å². The molecule has 1 spiro atoms. The van der Waals surface area contributed by atoms with Crippen molar-refractivity contribution >= 4 is 0 Å². The van der Waals surface area contributed by atoms with Crippen LogP contribution < -0.4 is 5.32 Å². The fourth-order valence-corrected chi connectivity index (χ4v) is 2.75. The second-order valence-corrected chi connectivity index (χ2v) is 5.61. The third kappa shape index (κ3) is 2.58. The van der Waals surface area contributed by atoms with Crippen molar-refractivity contribution in [2.45, 2.75) is 44.1 Å². The summed E-state index contributed by atoms with van der Waals surface area (Å²) in [7, 11) is 0. The molecule has 1 heterocycles. The van der Waals surface area contributed by atoms with Crippen molar-refractivity contribution in [3.8, 4) is 0 Å². The van der Waals surface area contributed by atoms with Crippen LogP contribution in [0.15, 0.2) is 30.3 Å². The number of nitrogens with one attached hydrogen (secondary N) is 1. The molecular weight excluding hydrogens is 226 g/mol. The Balaban J connectivity index is 1.43. The summed E-state index contributed by atoms with van der Waals surface area (Å²) in [6.45, 7) is 4.63. The summed E-state index contributed by atoms with van der Waals surface area (Å²) in [5.41, 5.74) is 1.45. The molecule has 1 aromatic carbocycles. The van der Waals surface area contributed by atoms with Gasteiger partial charge >= 0.3 is 0 Å². The molecule has 18 heavy (non-hydrogen) atoms. The molecule has 1 aliphatic carbocycles. The van der Waals surface area contributed by atoms with E-state index in [0.717, 1.165) is 32.6 Å². The lowest BCUT2D eigenvalue weighted by molar-refractivity contribution is -0.123. The highest BCUT2D eigenvalue weighted by Gasteiger charge is 2.46. The summed E-state index contributed by atoms with van der Waals surface area (Å²) in [6, 6.07) is 10.4. The minimum absolute atomic E-state index is 0.202. The SMILES string of the molecule is C[C@H]1CNC2(CO1)CC(OCc1ccccc1)C2. The van der Waals surface area contributed by atoms with Crippen LogP contribution in [0.25, 0.3) is 0 Å². The number of morpholine rings is 1. The standard InChI is InChI=1S/C15H21NO2/c1-12-9-16-15(11-18-12)7-14(8-15)17-10-13-5-3-2-4-6-13/h2-6,12,14,16H,7-11H2,1H3/t12-,14?,15?/m0/s1. The second kappa shape index (κ2) is 5.00. The van der Waals surface area contributed by atoms with Crippen molar-refractivity contribution < 1.29 is 9.47 Å². The number of hydrogen-bond acceptors (Lipinski definition) is 3. The molecule has 0 amide bonds. The minimum atomic E-state index is 0.202. The number of rotatable bonds is 3. The van der Waals surface area contributed by atoms with Gasteiger partial charge in [-0.2, -0.15) is 0 Å². The molecule has 2 aliphatic rings. The Labute approximate surface area is 108 Å². The van der Waals surface area contributed by atoms with Gasteiger partial charge in [0.1, 0.15) is 0 Å². The molecule has 1 aromatic rings. The van der Waals surface area contributed by atoms with Crippen molar-refractivity contribution in [3.05, 3.63) is 35.9 Å². The van der Waals surface area contributed by atoms with Crippen LogP contribution in [0.1, 0.15) is 25.3 Å². The topological polar surface area (TPSA) is 30.5 Å². The van der Waals surface area contributed by atoms with Gasteiger partial charge in [-0.1, -0.05) is 30.3 Å². The van der Waals surface area contributed by atoms with E-state index in [1.165, 1.54) is 5.56 Å². The largest absolute Gasteiger partial charge is 0.375 e.